The third kappa shape index (κ3) is 5.12. The molecule has 8 heteroatoms. The molecule has 1 fully saturated rings. The van der Waals surface area contributed by atoms with E-state index >= 15 is 0 Å². The van der Waals surface area contributed by atoms with Gasteiger partial charge in [0.2, 0.25) is 10.0 Å². The predicted molar refractivity (Wildman–Crippen MR) is 114 cm³/mol. The number of carbonyl (C=O) groups is 1. The van der Waals surface area contributed by atoms with Crippen LogP contribution < -0.4 is 9.47 Å². The molecule has 1 aliphatic heterocycles. The van der Waals surface area contributed by atoms with Crippen LogP contribution in [0.2, 0.25) is 0 Å². The highest BCUT2D eigenvalue weighted by Crippen LogP contribution is 2.22. The summed E-state index contributed by atoms with van der Waals surface area (Å²) >= 11 is 0. The lowest BCUT2D eigenvalue weighted by atomic mass is 10.1. The van der Waals surface area contributed by atoms with Crippen molar-refractivity contribution in [2.45, 2.75) is 25.7 Å². The smallest absolute Gasteiger partial charge is 0.260 e. The van der Waals surface area contributed by atoms with Gasteiger partial charge in [-0.1, -0.05) is 17.7 Å². The zero-order valence-corrected chi connectivity index (χ0v) is 18.4. The Morgan fingerprint density at radius 3 is 2.23 bits per heavy atom. The van der Waals surface area contributed by atoms with E-state index in [0.717, 1.165) is 11.1 Å². The van der Waals surface area contributed by atoms with E-state index in [2.05, 4.69) is 0 Å². The van der Waals surface area contributed by atoms with Gasteiger partial charge in [-0.25, -0.2) is 8.42 Å². The van der Waals surface area contributed by atoms with Crippen LogP contribution in [-0.2, 0) is 14.8 Å². The Kier molecular flexibility index (Phi) is 6.99. The van der Waals surface area contributed by atoms with Crippen LogP contribution in [0.25, 0.3) is 0 Å². The minimum Gasteiger partial charge on any atom is -0.494 e. The van der Waals surface area contributed by atoms with Crippen molar-refractivity contribution < 1.29 is 22.7 Å². The topological polar surface area (TPSA) is 76.2 Å². The van der Waals surface area contributed by atoms with Gasteiger partial charge in [-0.15, -0.1) is 0 Å². The summed E-state index contributed by atoms with van der Waals surface area (Å²) in [7, 11) is -3.60. The molecule has 0 aliphatic carbocycles. The molecule has 0 unspecified atom stereocenters. The molecule has 0 saturated carbocycles. The van der Waals surface area contributed by atoms with E-state index in [4.69, 9.17) is 9.47 Å². The highest BCUT2D eigenvalue weighted by molar-refractivity contribution is 7.89. The van der Waals surface area contributed by atoms with Crippen LogP contribution in [-0.4, -0.2) is 62.9 Å². The van der Waals surface area contributed by atoms with Gasteiger partial charge in [0.15, 0.2) is 6.61 Å². The van der Waals surface area contributed by atoms with Gasteiger partial charge in [-0.2, -0.15) is 4.31 Å². The van der Waals surface area contributed by atoms with Crippen LogP contribution >= 0.6 is 0 Å². The molecule has 0 atom stereocenters. The summed E-state index contributed by atoms with van der Waals surface area (Å²) in [6, 6.07) is 12.2. The monoisotopic (exact) mass is 432 g/mol. The van der Waals surface area contributed by atoms with E-state index in [-0.39, 0.29) is 30.5 Å². The summed E-state index contributed by atoms with van der Waals surface area (Å²) in [4.78, 5) is 14.4. The third-order valence-electron chi connectivity index (χ3n) is 5.05. The van der Waals surface area contributed by atoms with Crippen molar-refractivity contribution in [1.29, 1.82) is 0 Å². The molecule has 0 bridgehead atoms. The Labute approximate surface area is 178 Å². The molecule has 7 nitrogen and oxygen atoms in total. The number of benzene rings is 2. The summed E-state index contributed by atoms with van der Waals surface area (Å²) in [6.07, 6.45) is 0. The third-order valence-corrected chi connectivity index (χ3v) is 6.96. The maximum atomic E-state index is 12.9. The average Bonchev–Trinajstić information content (AvgIpc) is 2.73. The van der Waals surface area contributed by atoms with Crippen LogP contribution in [0.4, 0.5) is 0 Å². The fourth-order valence-electron chi connectivity index (χ4n) is 3.39. The number of carbonyl (C=O) groups excluding carboxylic acids is 1. The van der Waals surface area contributed by atoms with Gasteiger partial charge in [0.25, 0.3) is 5.91 Å². The largest absolute Gasteiger partial charge is 0.494 e. The second-order valence-corrected chi connectivity index (χ2v) is 9.18. The molecule has 0 spiro atoms. The summed E-state index contributed by atoms with van der Waals surface area (Å²) in [5.74, 6) is 1.18. The molecule has 1 saturated heterocycles. The van der Waals surface area contributed by atoms with E-state index in [0.29, 0.717) is 31.2 Å². The van der Waals surface area contributed by atoms with Crippen molar-refractivity contribution >= 4 is 15.9 Å². The van der Waals surface area contributed by atoms with Crippen molar-refractivity contribution in [2.75, 3.05) is 39.4 Å². The molecule has 1 heterocycles. The summed E-state index contributed by atoms with van der Waals surface area (Å²) in [6.45, 7) is 7.47. The van der Waals surface area contributed by atoms with Crippen molar-refractivity contribution in [3.8, 4) is 11.5 Å². The second-order valence-electron chi connectivity index (χ2n) is 7.25. The average molecular weight is 433 g/mol. The van der Waals surface area contributed by atoms with Crippen LogP contribution in [0.15, 0.2) is 47.4 Å². The molecule has 1 amide bonds. The van der Waals surface area contributed by atoms with Crippen LogP contribution in [0.3, 0.4) is 0 Å². The number of ether oxygens (including phenoxy) is 2. The lowest BCUT2D eigenvalue weighted by molar-refractivity contribution is -0.134. The number of amides is 1. The van der Waals surface area contributed by atoms with Gasteiger partial charge in [0, 0.05) is 26.2 Å². The van der Waals surface area contributed by atoms with E-state index in [9.17, 15) is 13.2 Å². The second kappa shape index (κ2) is 9.49. The molecule has 0 aromatic heterocycles. The summed E-state index contributed by atoms with van der Waals surface area (Å²) < 4.78 is 38.2. The quantitative estimate of drug-likeness (QED) is 0.672. The predicted octanol–water partition coefficient (Wildman–Crippen LogP) is 2.61. The van der Waals surface area contributed by atoms with Gasteiger partial charge < -0.3 is 14.4 Å². The number of rotatable bonds is 7. The fourth-order valence-corrected chi connectivity index (χ4v) is 4.82. The van der Waals surface area contributed by atoms with Gasteiger partial charge in [0.05, 0.1) is 11.5 Å². The standard InChI is InChI=1S/C22H28N2O5S/c1-4-28-19-6-8-20(9-7-19)30(26,27)24-13-11-23(12-14-24)22(25)16-29-21-10-5-17(2)15-18(21)3/h5-10,15H,4,11-14,16H2,1-3H3. The van der Waals surface area contributed by atoms with E-state index in [1.807, 2.05) is 39.0 Å². The SMILES string of the molecule is CCOc1ccc(S(=O)(=O)N2CCN(C(=O)COc3ccc(C)cc3C)CC2)cc1. The summed E-state index contributed by atoms with van der Waals surface area (Å²) in [5, 5.41) is 0. The van der Waals surface area contributed by atoms with E-state index in [1.54, 1.807) is 29.2 Å². The zero-order chi connectivity index (χ0) is 21.7. The molecule has 1 aliphatic rings. The normalized spacial score (nSPS) is 15.1. The van der Waals surface area contributed by atoms with E-state index < -0.39 is 10.0 Å². The van der Waals surface area contributed by atoms with Crippen molar-refractivity contribution in [3.63, 3.8) is 0 Å². The number of sulfonamides is 1. The number of nitrogens with zero attached hydrogens (tertiary/aromatic N) is 2. The molecule has 3 rings (SSSR count). The maximum Gasteiger partial charge on any atom is 0.260 e. The first-order valence-corrected chi connectivity index (χ1v) is 11.5. The minimum atomic E-state index is -3.60. The first-order chi connectivity index (χ1) is 14.3. The van der Waals surface area contributed by atoms with Crippen LogP contribution in [0, 0.1) is 13.8 Å². The molecular formula is C22H28N2O5S. The summed E-state index contributed by atoms with van der Waals surface area (Å²) in [5.41, 5.74) is 2.12. The lowest BCUT2D eigenvalue weighted by Crippen LogP contribution is -2.51. The molecular weight excluding hydrogens is 404 g/mol. The molecule has 30 heavy (non-hydrogen) atoms. The van der Waals surface area contributed by atoms with Crippen molar-refractivity contribution in [2.24, 2.45) is 0 Å². The number of aryl methyl sites for hydroxylation is 2. The van der Waals surface area contributed by atoms with Crippen molar-refractivity contribution in [3.05, 3.63) is 53.6 Å². The Bertz CT molecular complexity index is 981. The molecule has 0 radical (unpaired) electrons. The van der Waals surface area contributed by atoms with Gasteiger partial charge in [-0.3, -0.25) is 4.79 Å². The van der Waals surface area contributed by atoms with Gasteiger partial charge in [-0.05, 0) is 56.7 Å². The first kappa shape index (κ1) is 22.1. The molecule has 2 aromatic carbocycles. The van der Waals surface area contributed by atoms with Gasteiger partial charge in [0.1, 0.15) is 11.5 Å². The number of piperazine rings is 1. The highest BCUT2D eigenvalue weighted by atomic mass is 32.2. The lowest BCUT2D eigenvalue weighted by Gasteiger charge is -2.34. The Balaban J connectivity index is 1.55. The molecule has 0 N–H and O–H groups in total. The number of hydrogen-bond donors (Lipinski definition) is 0. The Morgan fingerprint density at radius 2 is 1.63 bits per heavy atom. The Morgan fingerprint density at radius 1 is 0.967 bits per heavy atom. The highest BCUT2D eigenvalue weighted by Gasteiger charge is 2.30. The Hall–Kier alpha value is -2.58. The van der Waals surface area contributed by atoms with E-state index in [1.165, 1.54) is 4.31 Å². The van der Waals surface area contributed by atoms with Crippen LogP contribution in [0.5, 0.6) is 11.5 Å². The maximum absolute atomic E-state index is 12.9. The minimum absolute atomic E-state index is 0.0600. The molecule has 2 aromatic rings. The van der Waals surface area contributed by atoms with Crippen molar-refractivity contribution in [1.82, 2.24) is 9.21 Å². The first-order valence-electron chi connectivity index (χ1n) is 10.0. The zero-order valence-electron chi connectivity index (χ0n) is 17.6. The fraction of sp³-hybridized carbons (Fsp3) is 0.409. The van der Waals surface area contributed by atoms with Crippen LogP contribution in [0.1, 0.15) is 18.1 Å². The number of hydrogen-bond acceptors (Lipinski definition) is 5. The molecule has 162 valence electrons. The van der Waals surface area contributed by atoms with Gasteiger partial charge >= 0.3 is 0 Å².